The lowest BCUT2D eigenvalue weighted by molar-refractivity contribution is -0.143. The zero-order valence-corrected chi connectivity index (χ0v) is 56.7. The Hall–Kier alpha value is -7.62. The van der Waals surface area contributed by atoms with Gasteiger partial charge in [-0.2, -0.15) is 4.99 Å². The van der Waals surface area contributed by atoms with Gasteiger partial charge in [-0.05, 0) is 111 Å². The molecular formula is C66H63Br3F6N2O7SSi2. The maximum absolute atomic E-state index is 13.8. The predicted octanol–water partition coefficient (Wildman–Crippen LogP) is 16.7. The summed E-state index contributed by atoms with van der Waals surface area (Å²) < 4.78 is 90.4. The Bertz CT molecular complexity index is 3550. The van der Waals surface area contributed by atoms with Crippen LogP contribution >= 0.6 is 60.0 Å². The Labute approximate surface area is 539 Å². The molecule has 0 atom stereocenters. The van der Waals surface area contributed by atoms with E-state index in [1.165, 1.54) is 54.6 Å². The third kappa shape index (κ3) is 33.2. The second-order valence-electron chi connectivity index (χ2n) is 19.4. The first-order valence-corrected chi connectivity index (χ1v) is 35.6. The minimum absolute atomic E-state index is 0.0406. The van der Waals surface area contributed by atoms with Gasteiger partial charge in [0.2, 0.25) is 6.54 Å². The SMILES string of the molecule is C#C[Si](C)(C)C.C#Cc1cccc(F)c1CC(=O)N=C=S.C#Cc1cccc(F)c1CC(=O)O.CCOC(=O)Cc1c(F)cccc1Br.CCOC(=O)Cc1c(F)cccc1C#C[Si](C)(C)C.Cc1c(F)cccc1Br.[C-]#[N+]Cc1c(F)cccc1Br. The van der Waals surface area contributed by atoms with Crippen LogP contribution in [0.5, 0.6) is 0 Å². The molecule has 0 heterocycles. The number of carboxylic acid groups (broad SMARTS) is 1. The molecule has 0 aromatic heterocycles. The standard InChI is InChI=1S/C15H19FO2Si.C11H6FNOS.C10H10BrFO2.C10H7FO2.C8H5BrFN.C7H6BrF.C5H10Si/c1-5-18-15(17)11-13-12(7-6-8-14(13)16)9-10-19(2,3)4;1-2-8-4-3-5-10(12)9(8)6-11(14)13-7-15;1-2-14-10(13)6-7-8(11)4-3-5-9(7)12;1-2-7-4-3-5-9(11)8(7)6-10(12)13;1-11-5-6-7(9)3-2-4-8(6)10;1-5-6(8)3-2-4-7(5)9;1-5-6(2,3)4/h6-8H,5,11H2,1-4H3;1,3-5H,6H2;3-5H,2,6H2,1H3;1,3-5H,6H2,(H,12,13);2-4H,5H2;2-4H,1H3;1H,2-4H3. The quantitative estimate of drug-likeness (QED) is 0.0259. The van der Waals surface area contributed by atoms with E-state index in [-0.39, 0.29) is 55.0 Å². The number of thiocarbonyl (C=S) groups is 1. The van der Waals surface area contributed by atoms with Gasteiger partial charge in [-0.1, -0.05) is 141 Å². The van der Waals surface area contributed by atoms with Crippen LogP contribution in [0, 0.1) is 96.5 Å². The highest BCUT2D eigenvalue weighted by Crippen LogP contribution is 2.22. The van der Waals surface area contributed by atoms with E-state index in [2.05, 4.69) is 138 Å². The Morgan fingerprint density at radius 2 is 0.920 bits per heavy atom. The molecule has 6 aromatic rings. The zero-order valence-electron chi connectivity index (χ0n) is 49.2. The third-order valence-corrected chi connectivity index (χ3v) is 14.5. The van der Waals surface area contributed by atoms with Crippen molar-refractivity contribution in [3.8, 4) is 48.1 Å². The Kier molecular flexibility index (Phi) is 38.6. The van der Waals surface area contributed by atoms with Gasteiger partial charge in [0, 0.05) is 52.4 Å². The van der Waals surface area contributed by atoms with E-state index in [1.54, 1.807) is 69.3 Å². The van der Waals surface area contributed by atoms with Crippen molar-refractivity contribution in [1.82, 2.24) is 0 Å². The molecule has 21 heteroatoms. The van der Waals surface area contributed by atoms with Crippen LogP contribution in [0.4, 0.5) is 26.3 Å². The van der Waals surface area contributed by atoms with Gasteiger partial charge in [0.1, 0.15) is 51.1 Å². The van der Waals surface area contributed by atoms with E-state index < -0.39 is 63.2 Å². The smallest absolute Gasteiger partial charge is 0.310 e. The maximum atomic E-state index is 13.8. The fourth-order valence-electron chi connectivity index (χ4n) is 6.01. The molecule has 87 heavy (non-hydrogen) atoms. The minimum atomic E-state index is -1.54. The average Bonchev–Trinajstić information content (AvgIpc) is 3.63. The number of carboxylic acids is 1. The molecule has 0 bridgehead atoms. The van der Waals surface area contributed by atoms with Crippen LogP contribution in [0.1, 0.15) is 63.9 Å². The summed E-state index contributed by atoms with van der Waals surface area (Å²) in [6.45, 7) is 25.2. The molecule has 9 nitrogen and oxygen atoms in total. The number of amides is 1. The molecule has 0 saturated carbocycles. The third-order valence-electron chi connectivity index (χ3n) is 10.3. The van der Waals surface area contributed by atoms with E-state index in [0.717, 1.165) is 4.47 Å². The van der Waals surface area contributed by atoms with Crippen LogP contribution in [0.15, 0.2) is 128 Å². The number of terminal acetylenes is 3. The van der Waals surface area contributed by atoms with Crippen molar-refractivity contribution in [2.45, 2.75) is 92.3 Å². The number of ether oxygens (including phenoxy) is 2. The summed E-state index contributed by atoms with van der Waals surface area (Å²) in [5.41, 5.74) is 9.14. The molecule has 0 aliphatic carbocycles. The number of nitrogens with zero attached hydrogens (tertiary/aromatic N) is 2. The van der Waals surface area contributed by atoms with Gasteiger partial charge in [0.05, 0.1) is 49.6 Å². The lowest BCUT2D eigenvalue weighted by atomic mass is 10.0. The lowest BCUT2D eigenvalue weighted by Crippen LogP contribution is -2.16. The second-order valence-corrected chi connectivity index (χ2v) is 31.6. The summed E-state index contributed by atoms with van der Waals surface area (Å²) in [7, 11) is -2.64. The summed E-state index contributed by atoms with van der Waals surface area (Å²) in [5, 5.41) is 10.4. The van der Waals surface area contributed by atoms with Crippen LogP contribution in [0.2, 0.25) is 39.3 Å². The molecule has 0 radical (unpaired) electrons. The van der Waals surface area contributed by atoms with E-state index in [0.29, 0.717) is 61.1 Å². The first-order chi connectivity index (χ1) is 40.8. The minimum Gasteiger partial charge on any atom is -0.481 e. The Morgan fingerprint density at radius 1 is 0.563 bits per heavy atom. The van der Waals surface area contributed by atoms with Crippen LogP contribution in [-0.4, -0.2) is 63.4 Å². The summed E-state index contributed by atoms with van der Waals surface area (Å²) >= 11 is 13.8. The fourth-order valence-corrected chi connectivity index (χ4v) is 7.91. The zero-order chi connectivity index (χ0) is 66.5. The number of halogens is 9. The Balaban J connectivity index is 0.00000101. The van der Waals surface area contributed by atoms with Crippen molar-refractivity contribution in [3.05, 3.63) is 219 Å². The van der Waals surface area contributed by atoms with Gasteiger partial charge in [-0.25, -0.2) is 32.9 Å². The molecule has 0 unspecified atom stereocenters. The van der Waals surface area contributed by atoms with Crippen molar-refractivity contribution in [3.63, 3.8) is 0 Å². The van der Waals surface area contributed by atoms with Crippen LogP contribution in [0.3, 0.4) is 0 Å². The van der Waals surface area contributed by atoms with E-state index >= 15 is 0 Å². The first kappa shape index (κ1) is 79.4. The molecule has 456 valence electrons. The molecule has 6 rings (SSSR count). The highest BCUT2D eigenvalue weighted by Gasteiger charge is 2.16. The summed E-state index contributed by atoms with van der Waals surface area (Å²) in [6.07, 6.45) is 14.7. The molecule has 6 aromatic carbocycles. The van der Waals surface area contributed by atoms with Crippen LogP contribution < -0.4 is 0 Å². The second kappa shape index (κ2) is 42.3. The number of hydrogen-bond acceptors (Lipinski definition) is 7. The van der Waals surface area contributed by atoms with E-state index in [1.807, 2.05) is 11.2 Å². The number of carbonyl (C=O) groups excluding carboxylic acids is 3. The molecule has 0 spiro atoms. The summed E-state index contributed by atoms with van der Waals surface area (Å²) in [4.78, 5) is 50.4. The van der Waals surface area contributed by atoms with Gasteiger partial charge in [0.15, 0.2) is 0 Å². The van der Waals surface area contributed by atoms with Gasteiger partial charge in [0.25, 0.3) is 5.91 Å². The van der Waals surface area contributed by atoms with Crippen molar-refractivity contribution in [1.29, 1.82) is 0 Å². The van der Waals surface area contributed by atoms with Crippen molar-refractivity contribution >= 4 is 105 Å². The van der Waals surface area contributed by atoms with Gasteiger partial charge in [-0.15, -0.1) is 30.4 Å². The summed E-state index contributed by atoms with van der Waals surface area (Å²) in [5.74, 6) is 2.67. The number of isothiocyanates is 1. The number of benzene rings is 6. The lowest BCUT2D eigenvalue weighted by Gasteiger charge is -2.07. The van der Waals surface area contributed by atoms with E-state index in [9.17, 15) is 45.5 Å². The maximum Gasteiger partial charge on any atom is 0.310 e. The monoisotopic (exact) mass is 1430 g/mol. The number of hydrogen-bond donors (Lipinski definition) is 1. The summed E-state index contributed by atoms with van der Waals surface area (Å²) in [6, 6.07) is 27.4. The fraction of sp³-hybridized carbons (Fsp3) is 0.242. The van der Waals surface area contributed by atoms with E-state index in [4.69, 9.17) is 40.4 Å². The average molecular weight is 1440 g/mol. The molecule has 0 fully saturated rings. The number of aliphatic imine (C=N–C) groups is 1. The molecule has 1 amide bonds. The number of rotatable bonds is 11. The normalized spacial score (nSPS) is 9.68. The van der Waals surface area contributed by atoms with Crippen LogP contribution in [-0.2, 0) is 60.9 Å². The number of carbonyl (C=O) groups is 4. The van der Waals surface area contributed by atoms with Gasteiger partial charge >= 0.3 is 17.9 Å². The van der Waals surface area contributed by atoms with Gasteiger partial charge in [-0.3, -0.25) is 19.2 Å². The molecule has 0 aliphatic heterocycles. The molecule has 0 saturated heterocycles. The van der Waals surface area contributed by atoms with Gasteiger partial charge < -0.3 is 19.4 Å². The first-order valence-electron chi connectivity index (χ1n) is 25.8. The largest absolute Gasteiger partial charge is 0.481 e. The van der Waals surface area contributed by atoms with Crippen molar-refractivity contribution < 1.29 is 60.1 Å². The molecule has 0 aliphatic rings. The highest BCUT2D eigenvalue weighted by molar-refractivity contribution is 9.11. The Morgan fingerprint density at radius 3 is 1.26 bits per heavy atom. The highest BCUT2D eigenvalue weighted by atomic mass is 79.9. The van der Waals surface area contributed by atoms with Crippen molar-refractivity contribution in [2.75, 3.05) is 13.2 Å². The van der Waals surface area contributed by atoms with Crippen LogP contribution in [0.25, 0.3) is 4.85 Å². The predicted molar refractivity (Wildman–Crippen MR) is 351 cm³/mol. The number of aliphatic carboxylic acids is 1. The topological polar surface area (TPSA) is 124 Å². The molecular weight excluding hydrogens is 1370 g/mol. The van der Waals surface area contributed by atoms with Crippen molar-refractivity contribution in [2.24, 2.45) is 4.99 Å². The number of esters is 2. The molecule has 1 N–H and O–H groups in total.